The molecule has 2 aliphatic rings. The van der Waals surface area contributed by atoms with Crippen molar-refractivity contribution in [2.75, 3.05) is 20.2 Å². The number of fused-ring (bicyclic) bond motifs is 1. The first-order valence-corrected chi connectivity index (χ1v) is 9.02. The van der Waals surface area contributed by atoms with Crippen molar-refractivity contribution in [3.05, 3.63) is 41.0 Å². The molecule has 0 N–H and O–H groups in total. The molecule has 0 spiro atoms. The van der Waals surface area contributed by atoms with Crippen LogP contribution >= 0.6 is 0 Å². The van der Waals surface area contributed by atoms with Crippen LogP contribution in [0.5, 0.6) is 5.75 Å². The van der Waals surface area contributed by atoms with Gasteiger partial charge in [-0.05, 0) is 49.9 Å². The minimum absolute atomic E-state index is 0.519. The van der Waals surface area contributed by atoms with Crippen molar-refractivity contribution in [2.45, 2.75) is 51.6 Å². The second kappa shape index (κ2) is 6.55. The lowest BCUT2D eigenvalue weighted by Gasteiger charge is -2.32. The Morgan fingerprint density at radius 2 is 2.12 bits per heavy atom. The van der Waals surface area contributed by atoms with Crippen molar-refractivity contribution in [3.8, 4) is 5.75 Å². The van der Waals surface area contributed by atoms with E-state index in [0.29, 0.717) is 5.92 Å². The molecule has 2 aromatic rings. The monoisotopic (exact) mass is 326 g/mol. The molecular formula is C19H26N4O. The van der Waals surface area contributed by atoms with Crippen LogP contribution in [0, 0.1) is 6.92 Å². The molecule has 1 aromatic carbocycles. The molecule has 1 atom stereocenters. The summed E-state index contributed by atoms with van der Waals surface area (Å²) in [5.41, 5.74) is 2.52. The highest BCUT2D eigenvalue weighted by Crippen LogP contribution is 2.29. The number of piperidine rings is 1. The van der Waals surface area contributed by atoms with Crippen molar-refractivity contribution in [1.82, 2.24) is 19.7 Å². The van der Waals surface area contributed by atoms with E-state index in [2.05, 4.69) is 44.8 Å². The van der Waals surface area contributed by atoms with Crippen LogP contribution in [0.1, 0.15) is 48.0 Å². The van der Waals surface area contributed by atoms with E-state index < -0.39 is 0 Å². The predicted molar refractivity (Wildman–Crippen MR) is 93.3 cm³/mol. The van der Waals surface area contributed by atoms with Gasteiger partial charge in [-0.25, -0.2) is 0 Å². The SMILES string of the molecule is COc1cc(CN2CCC[C@H](c3nnc4n3CCC4)C2)ccc1C. The number of likely N-dealkylation sites (tertiary alicyclic amines) is 1. The van der Waals surface area contributed by atoms with E-state index in [4.69, 9.17) is 4.74 Å². The van der Waals surface area contributed by atoms with E-state index in [9.17, 15) is 0 Å². The fraction of sp³-hybridized carbons (Fsp3) is 0.579. The van der Waals surface area contributed by atoms with Crippen LogP contribution in [0.25, 0.3) is 0 Å². The maximum atomic E-state index is 5.47. The molecule has 0 unspecified atom stereocenters. The Labute approximate surface area is 143 Å². The van der Waals surface area contributed by atoms with Gasteiger partial charge in [-0.2, -0.15) is 0 Å². The smallest absolute Gasteiger partial charge is 0.137 e. The maximum Gasteiger partial charge on any atom is 0.137 e. The van der Waals surface area contributed by atoms with E-state index in [1.54, 1.807) is 7.11 Å². The zero-order valence-corrected chi connectivity index (χ0v) is 14.7. The van der Waals surface area contributed by atoms with E-state index in [0.717, 1.165) is 38.3 Å². The average molecular weight is 326 g/mol. The molecule has 0 saturated carbocycles. The highest BCUT2D eigenvalue weighted by Gasteiger charge is 2.28. The number of hydrogen-bond donors (Lipinski definition) is 0. The Hall–Kier alpha value is -1.88. The first-order valence-electron chi connectivity index (χ1n) is 9.02. The number of aryl methyl sites for hydroxylation is 2. The molecule has 5 nitrogen and oxygen atoms in total. The van der Waals surface area contributed by atoms with Gasteiger partial charge in [0.05, 0.1) is 7.11 Å². The van der Waals surface area contributed by atoms with Gasteiger partial charge >= 0.3 is 0 Å². The zero-order chi connectivity index (χ0) is 16.5. The van der Waals surface area contributed by atoms with Crippen LogP contribution in [-0.4, -0.2) is 39.9 Å². The van der Waals surface area contributed by atoms with Crippen LogP contribution in [0.4, 0.5) is 0 Å². The summed E-state index contributed by atoms with van der Waals surface area (Å²) >= 11 is 0. The highest BCUT2D eigenvalue weighted by atomic mass is 16.5. The van der Waals surface area contributed by atoms with Gasteiger partial charge in [0.15, 0.2) is 0 Å². The molecule has 2 aliphatic heterocycles. The summed E-state index contributed by atoms with van der Waals surface area (Å²) in [6, 6.07) is 6.55. The number of ether oxygens (including phenoxy) is 1. The lowest BCUT2D eigenvalue weighted by atomic mass is 9.96. The number of aromatic nitrogens is 3. The van der Waals surface area contributed by atoms with Gasteiger partial charge in [0, 0.05) is 32.0 Å². The summed E-state index contributed by atoms with van der Waals surface area (Å²) in [7, 11) is 1.74. The van der Waals surface area contributed by atoms with E-state index in [1.807, 2.05) is 0 Å². The Bertz CT molecular complexity index is 724. The van der Waals surface area contributed by atoms with Crippen LogP contribution < -0.4 is 4.74 Å². The summed E-state index contributed by atoms with van der Waals surface area (Å²) in [6.07, 6.45) is 4.77. The van der Waals surface area contributed by atoms with Gasteiger partial charge in [-0.1, -0.05) is 12.1 Å². The third-order valence-electron chi connectivity index (χ3n) is 5.39. The fourth-order valence-electron chi connectivity index (χ4n) is 4.11. The molecular weight excluding hydrogens is 300 g/mol. The number of hydrogen-bond acceptors (Lipinski definition) is 4. The highest BCUT2D eigenvalue weighted by molar-refractivity contribution is 5.36. The van der Waals surface area contributed by atoms with Crippen molar-refractivity contribution in [3.63, 3.8) is 0 Å². The first-order chi connectivity index (χ1) is 11.7. The minimum atomic E-state index is 0.519. The summed E-state index contributed by atoms with van der Waals surface area (Å²) in [5, 5.41) is 8.90. The van der Waals surface area contributed by atoms with Crippen molar-refractivity contribution in [2.24, 2.45) is 0 Å². The van der Waals surface area contributed by atoms with Crippen LogP contribution in [-0.2, 0) is 19.5 Å². The fourth-order valence-corrected chi connectivity index (χ4v) is 4.11. The van der Waals surface area contributed by atoms with Crippen LogP contribution in [0.3, 0.4) is 0 Å². The molecule has 128 valence electrons. The third kappa shape index (κ3) is 2.93. The molecule has 0 radical (unpaired) electrons. The molecule has 0 bridgehead atoms. The summed E-state index contributed by atoms with van der Waals surface area (Å²) in [4.78, 5) is 2.55. The van der Waals surface area contributed by atoms with Gasteiger partial charge in [-0.15, -0.1) is 10.2 Å². The second-order valence-electron chi connectivity index (χ2n) is 7.11. The summed E-state index contributed by atoms with van der Waals surface area (Å²) in [6.45, 7) is 6.41. The van der Waals surface area contributed by atoms with Crippen LogP contribution in [0.15, 0.2) is 18.2 Å². The van der Waals surface area contributed by atoms with Crippen LogP contribution in [0.2, 0.25) is 0 Å². The van der Waals surface area contributed by atoms with Gasteiger partial charge < -0.3 is 9.30 Å². The Morgan fingerprint density at radius 1 is 1.21 bits per heavy atom. The van der Waals surface area contributed by atoms with E-state index in [1.165, 1.54) is 42.0 Å². The normalized spacial score (nSPS) is 21.0. The quantitative estimate of drug-likeness (QED) is 0.866. The molecule has 4 rings (SSSR count). The summed E-state index contributed by atoms with van der Waals surface area (Å²) < 4.78 is 7.83. The van der Waals surface area contributed by atoms with E-state index >= 15 is 0 Å². The molecule has 0 aliphatic carbocycles. The molecule has 24 heavy (non-hydrogen) atoms. The molecule has 3 heterocycles. The second-order valence-corrected chi connectivity index (χ2v) is 7.11. The topological polar surface area (TPSA) is 43.2 Å². The Kier molecular flexibility index (Phi) is 4.27. The van der Waals surface area contributed by atoms with Crippen molar-refractivity contribution < 1.29 is 4.74 Å². The third-order valence-corrected chi connectivity index (χ3v) is 5.39. The number of methoxy groups -OCH3 is 1. The maximum absolute atomic E-state index is 5.47. The first kappa shape index (κ1) is 15.6. The largest absolute Gasteiger partial charge is 0.496 e. The predicted octanol–water partition coefficient (Wildman–Crippen LogP) is 2.92. The molecule has 5 heteroatoms. The molecule has 1 fully saturated rings. The summed E-state index contributed by atoms with van der Waals surface area (Å²) in [5.74, 6) is 3.90. The molecule has 1 saturated heterocycles. The standard InChI is InChI=1S/C19H26N4O/c1-14-7-8-15(11-17(14)24-2)12-22-9-3-5-16(13-22)19-21-20-18-6-4-10-23(18)19/h7-8,11,16H,3-6,9-10,12-13H2,1-2H3/t16-/m0/s1. The molecule has 0 amide bonds. The van der Waals surface area contributed by atoms with Gasteiger partial charge in [-0.3, -0.25) is 4.90 Å². The van der Waals surface area contributed by atoms with Crippen molar-refractivity contribution in [1.29, 1.82) is 0 Å². The van der Waals surface area contributed by atoms with Gasteiger partial charge in [0.2, 0.25) is 0 Å². The minimum Gasteiger partial charge on any atom is -0.496 e. The van der Waals surface area contributed by atoms with E-state index in [-0.39, 0.29) is 0 Å². The Morgan fingerprint density at radius 3 is 3.00 bits per heavy atom. The lowest BCUT2D eigenvalue weighted by molar-refractivity contribution is 0.194. The number of benzene rings is 1. The van der Waals surface area contributed by atoms with Gasteiger partial charge in [0.1, 0.15) is 17.4 Å². The number of rotatable bonds is 4. The zero-order valence-electron chi connectivity index (χ0n) is 14.7. The Balaban J connectivity index is 1.47. The lowest BCUT2D eigenvalue weighted by Crippen LogP contribution is -2.34. The van der Waals surface area contributed by atoms with Gasteiger partial charge in [0.25, 0.3) is 0 Å². The van der Waals surface area contributed by atoms with Crippen molar-refractivity contribution >= 4 is 0 Å². The number of nitrogens with zero attached hydrogens (tertiary/aromatic N) is 4. The average Bonchev–Trinajstić information content (AvgIpc) is 3.20. The molecule has 1 aromatic heterocycles.